The second kappa shape index (κ2) is 6.48. The third kappa shape index (κ3) is 3.39. The molecule has 140 valence electrons. The lowest BCUT2D eigenvalue weighted by Crippen LogP contribution is -2.36. The molecule has 0 radical (unpaired) electrons. The van der Waals surface area contributed by atoms with Crippen molar-refractivity contribution < 1.29 is 16.8 Å². The Bertz CT molecular complexity index is 868. The fourth-order valence-electron chi connectivity index (χ4n) is 3.43. The van der Waals surface area contributed by atoms with Gasteiger partial charge in [0.15, 0.2) is 9.84 Å². The molecule has 25 heavy (non-hydrogen) atoms. The van der Waals surface area contributed by atoms with E-state index in [1.165, 1.54) is 4.31 Å². The Morgan fingerprint density at radius 1 is 1.32 bits per heavy atom. The zero-order chi connectivity index (χ0) is 18.4. The van der Waals surface area contributed by atoms with Gasteiger partial charge < -0.3 is 4.90 Å². The van der Waals surface area contributed by atoms with Crippen molar-refractivity contribution in [1.29, 1.82) is 0 Å². The summed E-state index contributed by atoms with van der Waals surface area (Å²) < 4.78 is 51.7. The van der Waals surface area contributed by atoms with Crippen LogP contribution in [0.25, 0.3) is 0 Å². The van der Waals surface area contributed by atoms with Gasteiger partial charge in [-0.25, -0.2) is 26.8 Å². The molecule has 3 heterocycles. The van der Waals surface area contributed by atoms with Crippen LogP contribution < -0.4 is 4.90 Å². The van der Waals surface area contributed by atoms with E-state index in [1.807, 2.05) is 21.0 Å². The third-order valence-electron chi connectivity index (χ3n) is 4.84. The van der Waals surface area contributed by atoms with Crippen LogP contribution in [0, 0.1) is 0 Å². The molecule has 0 bridgehead atoms. The van der Waals surface area contributed by atoms with Crippen molar-refractivity contribution in [1.82, 2.24) is 14.3 Å². The van der Waals surface area contributed by atoms with Crippen LogP contribution in [0.3, 0.4) is 0 Å². The number of fused-ring (bicyclic) bond motifs is 3. The summed E-state index contributed by atoms with van der Waals surface area (Å²) in [5.41, 5.74) is 1.26. The van der Waals surface area contributed by atoms with Crippen LogP contribution >= 0.6 is 0 Å². The van der Waals surface area contributed by atoms with Gasteiger partial charge in [0.25, 0.3) is 0 Å². The second-order valence-electron chi connectivity index (χ2n) is 6.91. The number of sulfonamides is 1. The number of hydrogen-bond donors (Lipinski definition) is 0. The molecule has 0 saturated carbocycles. The maximum atomic E-state index is 12.6. The van der Waals surface area contributed by atoms with Crippen LogP contribution in [0.2, 0.25) is 0 Å². The minimum Gasteiger partial charge on any atom is -0.347 e. The minimum absolute atomic E-state index is 0.0276. The molecule has 0 amide bonds. The fourth-order valence-corrected chi connectivity index (χ4v) is 7.20. The third-order valence-corrected chi connectivity index (χ3v) is 8.84. The van der Waals surface area contributed by atoms with E-state index in [0.29, 0.717) is 23.6 Å². The van der Waals surface area contributed by atoms with Gasteiger partial charge in [0.05, 0.1) is 22.4 Å². The zero-order valence-corrected chi connectivity index (χ0v) is 16.3. The largest absolute Gasteiger partial charge is 0.347 e. The van der Waals surface area contributed by atoms with E-state index in [9.17, 15) is 16.8 Å². The number of nitrogens with zero attached hydrogens (tertiary/aromatic N) is 4. The van der Waals surface area contributed by atoms with Gasteiger partial charge >= 0.3 is 0 Å². The molecule has 2 atom stereocenters. The van der Waals surface area contributed by atoms with Crippen LogP contribution in [-0.2, 0) is 25.6 Å². The molecule has 0 spiro atoms. The molecule has 1 saturated heterocycles. The van der Waals surface area contributed by atoms with Crippen molar-refractivity contribution in [2.45, 2.75) is 36.7 Å². The molecule has 0 aromatic carbocycles. The number of hydrogen-bond acceptors (Lipinski definition) is 7. The Labute approximate surface area is 149 Å². The van der Waals surface area contributed by atoms with Gasteiger partial charge in [-0.1, -0.05) is 13.3 Å². The van der Waals surface area contributed by atoms with Gasteiger partial charge in [-0.2, -0.15) is 4.31 Å². The van der Waals surface area contributed by atoms with Crippen molar-refractivity contribution >= 4 is 25.8 Å². The molecule has 0 unspecified atom stereocenters. The summed E-state index contributed by atoms with van der Waals surface area (Å²) in [7, 11) is -3.24. The molecule has 10 heteroatoms. The molecule has 1 aromatic rings. The van der Waals surface area contributed by atoms with Crippen molar-refractivity contribution in [2.75, 3.05) is 37.8 Å². The van der Waals surface area contributed by atoms with E-state index in [-0.39, 0.29) is 24.6 Å². The predicted octanol–water partition coefficient (Wildman–Crippen LogP) is 0.369. The Morgan fingerprint density at radius 2 is 2.04 bits per heavy atom. The Balaban J connectivity index is 1.98. The first-order valence-corrected chi connectivity index (χ1v) is 11.7. The molecular weight excluding hydrogens is 364 g/mol. The first-order chi connectivity index (χ1) is 11.7. The van der Waals surface area contributed by atoms with Crippen LogP contribution in [-0.4, -0.2) is 69.3 Å². The van der Waals surface area contributed by atoms with E-state index >= 15 is 0 Å². The predicted molar refractivity (Wildman–Crippen MR) is 95.8 cm³/mol. The van der Waals surface area contributed by atoms with Crippen molar-refractivity contribution in [3.63, 3.8) is 0 Å². The maximum absolute atomic E-state index is 12.6. The monoisotopic (exact) mass is 388 g/mol. The van der Waals surface area contributed by atoms with E-state index < -0.39 is 31.0 Å². The van der Waals surface area contributed by atoms with Gasteiger partial charge in [-0.3, -0.25) is 0 Å². The van der Waals surface area contributed by atoms with Crippen LogP contribution in [0.15, 0.2) is 6.20 Å². The highest BCUT2D eigenvalue weighted by molar-refractivity contribution is 7.91. The lowest BCUT2D eigenvalue weighted by atomic mass is 10.00. The average molecular weight is 389 g/mol. The van der Waals surface area contributed by atoms with Gasteiger partial charge in [-0.15, -0.1) is 0 Å². The van der Waals surface area contributed by atoms with Crippen LogP contribution in [0.4, 0.5) is 5.95 Å². The summed E-state index contributed by atoms with van der Waals surface area (Å²) in [6.45, 7) is 2.13. The average Bonchev–Trinajstić information content (AvgIpc) is 3.00. The Hall–Kier alpha value is -1.26. The molecule has 0 aliphatic carbocycles. The van der Waals surface area contributed by atoms with E-state index in [0.717, 1.165) is 6.42 Å². The fraction of sp³-hybridized carbons (Fsp3) is 0.733. The zero-order valence-electron chi connectivity index (χ0n) is 14.7. The lowest BCUT2D eigenvalue weighted by molar-refractivity contribution is 0.470. The van der Waals surface area contributed by atoms with E-state index in [2.05, 4.69) is 9.97 Å². The smallest absolute Gasteiger partial charge is 0.225 e. The van der Waals surface area contributed by atoms with Crippen LogP contribution in [0.1, 0.15) is 36.9 Å². The van der Waals surface area contributed by atoms with Gasteiger partial charge in [0.1, 0.15) is 0 Å². The lowest BCUT2D eigenvalue weighted by Gasteiger charge is -2.27. The highest BCUT2D eigenvalue weighted by Crippen LogP contribution is 2.40. The normalized spacial score (nSPS) is 25.4. The topological polar surface area (TPSA) is 101 Å². The van der Waals surface area contributed by atoms with Crippen molar-refractivity contribution in [3.8, 4) is 0 Å². The molecule has 3 rings (SSSR count). The second-order valence-corrected chi connectivity index (χ2v) is 11.2. The molecule has 8 nitrogen and oxygen atoms in total. The standard InChI is InChI=1S/C15H24N4O4S2/c1-4-5-6-25(22,23)19-8-12-13(9-19)24(20,21)10-11-7-16-15(18(2)3)17-14(11)12/h7,12-13H,4-6,8-10H2,1-3H3/t12-,13+/m0/s1. The Kier molecular flexibility index (Phi) is 4.80. The molecule has 1 fully saturated rings. The summed E-state index contributed by atoms with van der Waals surface area (Å²) in [4.78, 5) is 10.5. The molecular formula is C15H24N4O4S2. The molecule has 1 aromatic heterocycles. The molecule has 0 N–H and O–H groups in total. The van der Waals surface area contributed by atoms with E-state index in [4.69, 9.17) is 0 Å². The number of aromatic nitrogens is 2. The van der Waals surface area contributed by atoms with Crippen molar-refractivity contribution in [2.24, 2.45) is 0 Å². The summed E-state index contributed by atoms with van der Waals surface area (Å²) in [6.07, 6.45) is 2.91. The maximum Gasteiger partial charge on any atom is 0.225 e. The first-order valence-electron chi connectivity index (χ1n) is 8.38. The SMILES string of the molecule is CCCCS(=O)(=O)N1C[C@@H]2c3nc(N(C)C)ncc3CS(=O)(=O)[C@@H]2C1. The number of anilines is 1. The first kappa shape index (κ1) is 18.5. The van der Waals surface area contributed by atoms with Crippen LogP contribution in [0.5, 0.6) is 0 Å². The highest BCUT2D eigenvalue weighted by atomic mass is 32.2. The highest BCUT2D eigenvalue weighted by Gasteiger charge is 2.50. The quantitative estimate of drug-likeness (QED) is 0.718. The Morgan fingerprint density at radius 3 is 2.68 bits per heavy atom. The molecule has 2 aliphatic rings. The minimum atomic E-state index is -3.44. The van der Waals surface area contributed by atoms with E-state index in [1.54, 1.807) is 11.1 Å². The summed E-state index contributed by atoms with van der Waals surface area (Å²) in [5.74, 6) is 0.0127. The number of rotatable bonds is 5. The van der Waals surface area contributed by atoms with Crippen molar-refractivity contribution in [3.05, 3.63) is 17.5 Å². The molecule has 2 aliphatic heterocycles. The van der Waals surface area contributed by atoms with Gasteiger partial charge in [0.2, 0.25) is 16.0 Å². The number of sulfone groups is 1. The summed E-state index contributed by atoms with van der Waals surface area (Å²) in [5, 5.41) is -0.721. The number of unbranched alkanes of at least 4 members (excludes halogenated alkanes) is 1. The summed E-state index contributed by atoms with van der Waals surface area (Å²) >= 11 is 0. The van der Waals surface area contributed by atoms with Gasteiger partial charge in [0, 0.05) is 44.9 Å². The van der Waals surface area contributed by atoms with Gasteiger partial charge in [-0.05, 0) is 6.42 Å². The summed E-state index contributed by atoms with van der Waals surface area (Å²) in [6, 6.07) is 0.